The van der Waals surface area contributed by atoms with Crippen molar-refractivity contribution in [1.29, 1.82) is 0 Å². The van der Waals surface area contributed by atoms with Gasteiger partial charge in [0.25, 0.3) is 5.91 Å². The summed E-state index contributed by atoms with van der Waals surface area (Å²) in [7, 11) is 0. The number of carboxylic acids is 1. The Labute approximate surface area is 211 Å². The number of halogens is 1. The van der Waals surface area contributed by atoms with Gasteiger partial charge in [0.05, 0.1) is 11.3 Å². The minimum atomic E-state index is -1.03. The average Bonchev–Trinajstić information content (AvgIpc) is 3.22. The quantitative estimate of drug-likeness (QED) is 0.368. The zero-order valence-electron chi connectivity index (χ0n) is 20.1. The van der Waals surface area contributed by atoms with Gasteiger partial charge in [-0.3, -0.25) is 9.59 Å². The van der Waals surface area contributed by atoms with E-state index in [0.717, 1.165) is 11.3 Å². The Hall–Kier alpha value is -4.05. The summed E-state index contributed by atoms with van der Waals surface area (Å²) in [5.74, 6) is -2.10. The summed E-state index contributed by atoms with van der Waals surface area (Å²) in [4.78, 5) is 41.0. The monoisotopic (exact) mass is 511 g/mol. The molecule has 3 aromatic rings. The van der Waals surface area contributed by atoms with Crippen LogP contribution in [0.4, 0.5) is 14.9 Å². The lowest BCUT2D eigenvalue weighted by atomic mass is 10.1. The second-order valence-corrected chi connectivity index (χ2v) is 9.85. The fourth-order valence-corrected chi connectivity index (χ4v) is 4.16. The molecule has 2 aromatic carbocycles. The van der Waals surface area contributed by atoms with Crippen molar-refractivity contribution in [3.8, 4) is 10.6 Å². The number of para-hydroxylation sites is 1. The van der Waals surface area contributed by atoms with Crippen LogP contribution in [0.25, 0.3) is 16.6 Å². The number of alkyl carbamates (subject to hydrolysis) is 1. The topological polar surface area (TPSA) is 118 Å². The molecule has 0 bridgehead atoms. The molecule has 0 saturated heterocycles. The number of thiazole rings is 1. The lowest BCUT2D eigenvalue weighted by Gasteiger charge is -2.19. The van der Waals surface area contributed by atoms with Crippen LogP contribution in [-0.2, 0) is 22.5 Å². The van der Waals surface area contributed by atoms with Crippen molar-refractivity contribution < 1.29 is 28.6 Å². The molecule has 0 saturated carbocycles. The largest absolute Gasteiger partial charge is 0.481 e. The minimum Gasteiger partial charge on any atom is -0.481 e. The van der Waals surface area contributed by atoms with Gasteiger partial charge in [-0.15, -0.1) is 11.3 Å². The van der Waals surface area contributed by atoms with Crippen molar-refractivity contribution in [2.45, 2.75) is 39.3 Å². The van der Waals surface area contributed by atoms with Crippen molar-refractivity contribution in [2.75, 3.05) is 5.32 Å². The normalized spacial score (nSPS) is 11.0. The maximum atomic E-state index is 14.4. The summed E-state index contributed by atoms with van der Waals surface area (Å²) in [5, 5.41) is 14.8. The van der Waals surface area contributed by atoms with Crippen LogP contribution in [0.15, 0.2) is 49.0 Å². The molecule has 3 N–H and O–H groups in total. The molecule has 0 fully saturated rings. The molecule has 0 aliphatic rings. The highest BCUT2D eigenvalue weighted by molar-refractivity contribution is 7.16. The Morgan fingerprint density at radius 1 is 1.19 bits per heavy atom. The average molecular weight is 512 g/mol. The van der Waals surface area contributed by atoms with Gasteiger partial charge in [0.1, 0.15) is 22.1 Å². The number of anilines is 1. The molecule has 8 nitrogen and oxygen atoms in total. The molecule has 0 aliphatic carbocycles. The summed E-state index contributed by atoms with van der Waals surface area (Å²) in [6, 6.07) is 10.8. The van der Waals surface area contributed by atoms with E-state index >= 15 is 0 Å². The lowest BCUT2D eigenvalue weighted by Crippen LogP contribution is -2.32. The van der Waals surface area contributed by atoms with Crippen LogP contribution in [0.5, 0.6) is 0 Å². The number of carbonyl (C=O) groups is 3. The van der Waals surface area contributed by atoms with Crippen LogP contribution in [0.2, 0.25) is 0 Å². The Bertz CT molecular complexity index is 1310. The van der Waals surface area contributed by atoms with Crippen LogP contribution in [-0.4, -0.2) is 33.7 Å². The number of hydrogen-bond acceptors (Lipinski definition) is 6. The summed E-state index contributed by atoms with van der Waals surface area (Å²) >= 11 is 1.15. The molecule has 0 radical (unpaired) electrons. The van der Waals surface area contributed by atoms with E-state index in [1.807, 2.05) is 0 Å². The van der Waals surface area contributed by atoms with Gasteiger partial charge in [-0.1, -0.05) is 24.8 Å². The first kappa shape index (κ1) is 26.6. The van der Waals surface area contributed by atoms with Crippen molar-refractivity contribution in [2.24, 2.45) is 0 Å². The van der Waals surface area contributed by atoms with E-state index in [2.05, 4.69) is 22.2 Å². The number of hydrogen-bond donors (Lipinski definition) is 3. The molecule has 1 aromatic heterocycles. The maximum absolute atomic E-state index is 14.4. The van der Waals surface area contributed by atoms with Gasteiger partial charge in [-0.05, 0) is 62.2 Å². The molecule has 3 rings (SSSR count). The van der Waals surface area contributed by atoms with E-state index in [4.69, 9.17) is 9.84 Å². The van der Waals surface area contributed by atoms with Crippen LogP contribution < -0.4 is 10.6 Å². The third kappa shape index (κ3) is 7.22. The number of carbonyl (C=O) groups excluding carboxylic acids is 2. The second kappa shape index (κ2) is 11.1. The first-order chi connectivity index (χ1) is 16.9. The molecule has 0 atom stereocenters. The van der Waals surface area contributed by atoms with Crippen molar-refractivity contribution in [3.05, 3.63) is 76.6 Å². The zero-order valence-corrected chi connectivity index (χ0v) is 20.9. The smallest absolute Gasteiger partial charge is 0.407 e. The minimum absolute atomic E-state index is 0.0348. The standard InChI is InChI=1S/C26H26FN3O5S/c1-5-20-22(23(33)29-19-9-7-6-8-16(19)13-21(31)32)30-24(36-20)17-10-15(11-18(27)12-17)14-28-25(34)35-26(2,3)4/h5-12H,1,13-14H2,2-4H3,(H,28,34)(H,29,33)(H,31,32). The van der Waals surface area contributed by atoms with E-state index in [-0.39, 0.29) is 18.7 Å². The molecule has 36 heavy (non-hydrogen) atoms. The molecule has 0 spiro atoms. The first-order valence-electron chi connectivity index (χ1n) is 11.0. The molecular weight excluding hydrogens is 485 g/mol. The van der Waals surface area contributed by atoms with Crippen LogP contribution in [0, 0.1) is 5.82 Å². The van der Waals surface area contributed by atoms with Gasteiger partial charge in [0.15, 0.2) is 0 Å². The predicted octanol–water partition coefficient (Wildman–Crippen LogP) is 5.50. The van der Waals surface area contributed by atoms with Crippen LogP contribution in [0.1, 0.15) is 47.3 Å². The maximum Gasteiger partial charge on any atom is 0.407 e. The lowest BCUT2D eigenvalue weighted by molar-refractivity contribution is -0.136. The van der Waals surface area contributed by atoms with Gasteiger partial charge in [0, 0.05) is 17.8 Å². The molecular formula is C26H26FN3O5S. The van der Waals surface area contributed by atoms with Crippen molar-refractivity contribution in [1.82, 2.24) is 10.3 Å². The SMILES string of the molecule is C=Cc1sc(-c2cc(F)cc(CNC(=O)OC(C)(C)C)c2)nc1C(=O)Nc1ccccc1CC(=O)O. The fourth-order valence-electron chi connectivity index (χ4n) is 3.26. The number of amides is 2. The number of aliphatic carboxylic acids is 1. The van der Waals surface area contributed by atoms with Crippen LogP contribution >= 0.6 is 11.3 Å². The van der Waals surface area contributed by atoms with Crippen molar-refractivity contribution >= 4 is 41.1 Å². The second-order valence-electron chi connectivity index (χ2n) is 8.82. The molecule has 0 aliphatic heterocycles. The highest BCUT2D eigenvalue weighted by atomic mass is 32.1. The highest BCUT2D eigenvalue weighted by Gasteiger charge is 2.20. The van der Waals surface area contributed by atoms with Gasteiger partial charge in [0.2, 0.25) is 0 Å². The van der Waals surface area contributed by atoms with E-state index < -0.39 is 29.4 Å². The highest BCUT2D eigenvalue weighted by Crippen LogP contribution is 2.31. The number of rotatable bonds is 8. The molecule has 10 heteroatoms. The summed E-state index contributed by atoms with van der Waals surface area (Å²) in [6.07, 6.45) is 0.596. The number of ether oxygens (including phenoxy) is 1. The van der Waals surface area contributed by atoms with E-state index in [1.54, 1.807) is 51.1 Å². The Kier molecular flexibility index (Phi) is 8.21. The Balaban J connectivity index is 1.83. The van der Waals surface area contributed by atoms with Crippen LogP contribution in [0.3, 0.4) is 0 Å². The van der Waals surface area contributed by atoms with E-state index in [9.17, 15) is 18.8 Å². The van der Waals surface area contributed by atoms with E-state index in [0.29, 0.717) is 32.3 Å². The third-order valence-electron chi connectivity index (χ3n) is 4.70. The summed E-state index contributed by atoms with van der Waals surface area (Å²) in [5.41, 5.74) is 1.13. The van der Waals surface area contributed by atoms with Gasteiger partial charge in [-0.2, -0.15) is 0 Å². The molecule has 0 unspecified atom stereocenters. The summed E-state index contributed by atoms with van der Waals surface area (Å²) in [6.45, 7) is 8.99. The first-order valence-corrected chi connectivity index (χ1v) is 11.8. The number of carboxylic acid groups (broad SMARTS) is 1. The number of aromatic nitrogens is 1. The van der Waals surface area contributed by atoms with Gasteiger partial charge >= 0.3 is 12.1 Å². The fraction of sp³-hybridized carbons (Fsp3) is 0.231. The third-order valence-corrected chi connectivity index (χ3v) is 5.80. The molecule has 1 heterocycles. The number of nitrogens with one attached hydrogen (secondary N) is 2. The Morgan fingerprint density at radius 2 is 1.92 bits per heavy atom. The summed E-state index contributed by atoms with van der Waals surface area (Å²) < 4.78 is 19.6. The van der Waals surface area contributed by atoms with Crippen molar-refractivity contribution in [3.63, 3.8) is 0 Å². The van der Waals surface area contributed by atoms with Gasteiger partial charge in [-0.25, -0.2) is 14.2 Å². The molecule has 2 amide bonds. The number of nitrogens with zero attached hydrogens (tertiary/aromatic N) is 1. The molecule has 188 valence electrons. The van der Waals surface area contributed by atoms with Gasteiger partial charge < -0.3 is 20.5 Å². The zero-order chi connectivity index (χ0) is 26.5. The Morgan fingerprint density at radius 3 is 2.58 bits per heavy atom. The number of benzene rings is 2. The predicted molar refractivity (Wildman–Crippen MR) is 136 cm³/mol. The van der Waals surface area contributed by atoms with E-state index in [1.165, 1.54) is 18.2 Å².